The maximum atomic E-state index is 5.76. The Morgan fingerprint density at radius 2 is 1.68 bits per heavy atom. The Balaban J connectivity index is 2.07. The van der Waals surface area contributed by atoms with Crippen LogP contribution in [0.3, 0.4) is 0 Å². The summed E-state index contributed by atoms with van der Waals surface area (Å²) in [6.45, 7) is 5.48. The van der Waals surface area contributed by atoms with Gasteiger partial charge in [-0.15, -0.1) is 0 Å². The molecule has 6 heteroatoms. The van der Waals surface area contributed by atoms with E-state index in [0.29, 0.717) is 0 Å². The third-order valence-electron chi connectivity index (χ3n) is 3.93. The normalized spacial score (nSPS) is 18.3. The molecule has 1 fully saturated rings. The van der Waals surface area contributed by atoms with E-state index in [2.05, 4.69) is 6.92 Å². The van der Waals surface area contributed by atoms with E-state index in [-0.39, 0.29) is 5.41 Å². The monoisotopic (exact) mass is 292 g/mol. The summed E-state index contributed by atoms with van der Waals surface area (Å²) in [6.07, 6.45) is 3.13. The topological polar surface area (TPSA) is 46.2 Å². The summed E-state index contributed by atoms with van der Waals surface area (Å²) in [4.78, 5) is 0. The molecule has 114 valence electrons. The Bertz CT molecular complexity index is 227. The van der Waals surface area contributed by atoms with Crippen LogP contribution in [0.15, 0.2) is 0 Å². The number of unbranched alkanes of at least 4 members (excludes halogenated alkanes) is 1. The molecule has 1 heterocycles. The minimum Gasteiger partial charge on any atom is -0.381 e. The zero-order valence-corrected chi connectivity index (χ0v) is 13.7. The molecule has 0 atom stereocenters. The van der Waals surface area contributed by atoms with Crippen molar-refractivity contribution in [2.75, 3.05) is 47.8 Å². The van der Waals surface area contributed by atoms with Gasteiger partial charge in [0.15, 0.2) is 0 Å². The van der Waals surface area contributed by atoms with Crippen LogP contribution < -0.4 is 0 Å². The van der Waals surface area contributed by atoms with E-state index in [0.717, 1.165) is 51.7 Å². The van der Waals surface area contributed by atoms with Gasteiger partial charge in [-0.2, -0.15) is 0 Å². The number of rotatable bonds is 11. The third kappa shape index (κ3) is 4.80. The average molecular weight is 292 g/mol. The summed E-state index contributed by atoms with van der Waals surface area (Å²) in [5.74, 6) is 0. The molecule has 0 aromatic heterocycles. The molecule has 0 radical (unpaired) electrons. The molecular weight excluding hydrogens is 264 g/mol. The maximum absolute atomic E-state index is 5.76. The first-order chi connectivity index (χ1) is 9.16. The molecule has 1 rings (SSSR count). The van der Waals surface area contributed by atoms with E-state index in [4.69, 9.17) is 22.8 Å². The lowest BCUT2D eigenvalue weighted by molar-refractivity contribution is -0.150. The van der Waals surface area contributed by atoms with Crippen LogP contribution >= 0.6 is 0 Å². The minimum atomic E-state index is -2.39. The fourth-order valence-electron chi connectivity index (χ4n) is 2.17. The predicted octanol–water partition coefficient (Wildman–Crippen LogP) is 2.09. The molecular formula is C13H28O5Si. The lowest BCUT2D eigenvalue weighted by Crippen LogP contribution is -2.45. The van der Waals surface area contributed by atoms with Gasteiger partial charge < -0.3 is 22.8 Å². The molecule has 0 amide bonds. The predicted molar refractivity (Wildman–Crippen MR) is 75.2 cm³/mol. The van der Waals surface area contributed by atoms with Crippen LogP contribution in [0, 0.1) is 5.41 Å². The molecule has 1 saturated heterocycles. The van der Waals surface area contributed by atoms with Gasteiger partial charge in [-0.3, -0.25) is 0 Å². The van der Waals surface area contributed by atoms with Crippen molar-refractivity contribution in [3.8, 4) is 0 Å². The first-order valence-corrected chi connectivity index (χ1v) is 8.90. The van der Waals surface area contributed by atoms with Crippen LogP contribution in [0.5, 0.6) is 0 Å². The van der Waals surface area contributed by atoms with Crippen molar-refractivity contribution in [3.63, 3.8) is 0 Å². The van der Waals surface area contributed by atoms with Gasteiger partial charge in [-0.1, -0.05) is 6.92 Å². The Hall–Kier alpha value is 0.0169. The highest BCUT2D eigenvalue weighted by Crippen LogP contribution is 2.31. The van der Waals surface area contributed by atoms with Crippen molar-refractivity contribution in [3.05, 3.63) is 0 Å². The molecule has 1 aliphatic rings. The highest BCUT2D eigenvalue weighted by molar-refractivity contribution is 6.60. The van der Waals surface area contributed by atoms with Crippen LogP contribution in [-0.2, 0) is 22.8 Å². The molecule has 0 N–H and O–H groups in total. The number of hydrogen-bond acceptors (Lipinski definition) is 5. The van der Waals surface area contributed by atoms with Gasteiger partial charge in [0.25, 0.3) is 0 Å². The summed E-state index contributed by atoms with van der Waals surface area (Å²) in [5, 5.41) is 0. The van der Waals surface area contributed by atoms with Crippen molar-refractivity contribution in [2.24, 2.45) is 5.41 Å². The standard InChI is InChI=1S/C13H28O5Si/c1-5-13(11-18-12-13)10-17-8-6-7-9-19(14-2,15-3)16-4/h5-12H2,1-4H3. The van der Waals surface area contributed by atoms with E-state index in [1.807, 2.05) is 0 Å². The molecule has 0 unspecified atom stereocenters. The highest BCUT2D eigenvalue weighted by atomic mass is 28.4. The minimum absolute atomic E-state index is 0.282. The zero-order chi connectivity index (χ0) is 14.2. The summed E-state index contributed by atoms with van der Waals surface area (Å²) in [5.41, 5.74) is 0.282. The van der Waals surface area contributed by atoms with Gasteiger partial charge in [0, 0.05) is 39.4 Å². The molecule has 0 aliphatic carbocycles. The molecule has 0 bridgehead atoms. The summed E-state index contributed by atoms with van der Waals surface area (Å²) < 4.78 is 27.2. The Kier molecular flexibility index (Phi) is 7.49. The first kappa shape index (κ1) is 17.1. The summed E-state index contributed by atoms with van der Waals surface area (Å²) in [7, 11) is 2.56. The first-order valence-electron chi connectivity index (χ1n) is 6.97. The van der Waals surface area contributed by atoms with E-state index in [1.54, 1.807) is 21.3 Å². The van der Waals surface area contributed by atoms with Crippen molar-refractivity contribution in [1.82, 2.24) is 0 Å². The van der Waals surface area contributed by atoms with Crippen molar-refractivity contribution >= 4 is 8.80 Å². The van der Waals surface area contributed by atoms with Crippen LogP contribution in [-0.4, -0.2) is 56.6 Å². The maximum Gasteiger partial charge on any atom is 0.500 e. The van der Waals surface area contributed by atoms with E-state index < -0.39 is 8.80 Å². The summed E-state index contributed by atoms with van der Waals surface area (Å²) in [6, 6.07) is 0.835. The van der Waals surface area contributed by atoms with Crippen molar-refractivity contribution < 1.29 is 22.8 Å². The summed E-state index contributed by atoms with van der Waals surface area (Å²) >= 11 is 0. The smallest absolute Gasteiger partial charge is 0.381 e. The highest BCUT2D eigenvalue weighted by Gasteiger charge is 2.38. The second-order valence-electron chi connectivity index (χ2n) is 5.15. The van der Waals surface area contributed by atoms with E-state index in [1.165, 1.54) is 0 Å². The van der Waals surface area contributed by atoms with Crippen LogP contribution in [0.4, 0.5) is 0 Å². The zero-order valence-electron chi connectivity index (χ0n) is 12.7. The van der Waals surface area contributed by atoms with Crippen molar-refractivity contribution in [1.29, 1.82) is 0 Å². The molecule has 1 aliphatic heterocycles. The van der Waals surface area contributed by atoms with Crippen LogP contribution in [0.2, 0.25) is 6.04 Å². The van der Waals surface area contributed by atoms with Crippen LogP contribution in [0.25, 0.3) is 0 Å². The molecule has 5 nitrogen and oxygen atoms in total. The lowest BCUT2D eigenvalue weighted by atomic mass is 9.84. The third-order valence-corrected chi connectivity index (χ3v) is 6.76. The second-order valence-corrected chi connectivity index (χ2v) is 8.24. The van der Waals surface area contributed by atoms with E-state index >= 15 is 0 Å². The lowest BCUT2D eigenvalue weighted by Gasteiger charge is -2.40. The largest absolute Gasteiger partial charge is 0.500 e. The Morgan fingerprint density at radius 3 is 2.11 bits per heavy atom. The quantitative estimate of drug-likeness (QED) is 0.431. The van der Waals surface area contributed by atoms with Gasteiger partial charge in [0.2, 0.25) is 0 Å². The van der Waals surface area contributed by atoms with E-state index in [9.17, 15) is 0 Å². The number of hydrogen-bond donors (Lipinski definition) is 0. The molecule has 0 aromatic rings. The average Bonchev–Trinajstić information content (AvgIpc) is 2.41. The van der Waals surface area contributed by atoms with Gasteiger partial charge in [-0.05, 0) is 19.3 Å². The molecule has 19 heavy (non-hydrogen) atoms. The van der Waals surface area contributed by atoms with Crippen molar-refractivity contribution in [2.45, 2.75) is 32.2 Å². The Morgan fingerprint density at radius 1 is 1.05 bits per heavy atom. The molecule has 0 spiro atoms. The number of ether oxygens (including phenoxy) is 2. The SMILES string of the molecule is CCC1(COCCCC[Si](OC)(OC)OC)COC1. The van der Waals surface area contributed by atoms with Gasteiger partial charge in [-0.25, -0.2) is 0 Å². The van der Waals surface area contributed by atoms with Gasteiger partial charge in [0.1, 0.15) is 0 Å². The van der Waals surface area contributed by atoms with Gasteiger partial charge in [0.05, 0.1) is 19.8 Å². The van der Waals surface area contributed by atoms with Crippen LogP contribution in [0.1, 0.15) is 26.2 Å². The van der Waals surface area contributed by atoms with Gasteiger partial charge >= 0.3 is 8.80 Å². The molecule has 0 saturated carbocycles. The molecule has 0 aromatic carbocycles. The second kappa shape index (κ2) is 8.34. The fourth-order valence-corrected chi connectivity index (χ4v) is 3.97. The fraction of sp³-hybridized carbons (Fsp3) is 1.00. The Labute approximate surface area is 117 Å².